The van der Waals surface area contributed by atoms with Gasteiger partial charge in [0.1, 0.15) is 53.5 Å². The minimum Gasteiger partial charge on any atom is -0.497 e. The lowest BCUT2D eigenvalue weighted by atomic mass is 10.2. The molecule has 0 spiro atoms. The summed E-state index contributed by atoms with van der Waals surface area (Å²) in [6, 6.07) is 32.1. The zero-order chi connectivity index (χ0) is 60.8. The zero-order valence-electron chi connectivity index (χ0n) is 42.3. The predicted octanol–water partition coefficient (Wildman–Crippen LogP) is 9.94. The quantitative estimate of drug-likeness (QED) is 0.0547. The van der Waals surface area contributed by atoms with E-state index in [1.54, 1.807) is 24.3 Å². The molecule has 83 heavy (non-hydrogen) atoms. The maximum absolute atomic E-state index is 14.7. The van der Waals surface area contributed by atoms with Gasteiger partial charge < -0.3 is 23.3 Å². The topological polar surface area (TPSA) is 309 Å². The number of aromatic nitrogens is 4. The molecule has 2 N–H and O–H groups in total. The molecule has 0 aliphatic heterocycles. The van der Waals surface area contributed by atoms with Crippen LogP contribution in [-0.2, 0) is 36.7 Å². The van der Waals surface area contributed by atoms with Crippen molar-refractivity contribution in [1.29, 1.82) is 10.5 Å². The normalized spacial score (nSPS) is 12.3. The molecular formula is C51H37Br2F5N8O14S3. The number of halogens is 7. The molecule has 0 amide bonds. The van der Waals surface area contributed by atoms with Crippen LogP contribution in [0, 0.1) is 34.3 Å². The van der Waals surface area contributed by atoms with Gasteiger partial charge in [-0.3, -0.25) is 28.0 Å². The van der Waals surface area contributed by atoms with Crippen LogP contribution in [0.5, 0.6) is 17.2 Å². The first-order valence-electron chi connectivity index (χ1n) is 23.0. The number of nitrogens with one attached hydrogen (secondary N) is 1. The van der Waals surface area contributed by atoms with Crippen molar-refractivity contribution in [2.45, 2.75) is 47.9 Å². The molecule has 0 aliphatic rings. The first-order valence-corrected chi connectivity index (χ1v) is 29.0. The summed E-state index contributed by atoms with van der Waals surface area (Å²) in [5.41, 5.74) is -5.17. The highest BCUT2D eigenvalue weighted by Gasteiger charge is 2.44. The summed E-state index contributed by atoms with van der Waals surface area (Å²) in [5.74, 6) is -0.421. The molecule has 0 saturated heterocycles. The Bertz CT molecular complexity index is 4450. The van der Waals surface area contributed by atoms with Crippen molar-refractivity contribution >= 4 is 95.5 Å². The molecule has 9 rings (SSSR count). The van der Waals surface area contributed by atoms with Crippen LogP contribution in [0.3, 0.4) is 0 Å². The average Bonchev–Trinajstić information content (AvgIpc) is 2.60. The average molecular weight is 1340 g/mol. The number of alkyl halides is 3. The molecule has 5 aromatic carbocycles. The van der Waals surface area contributed by atoms with E-state index in [9.17, 15) is 53.6 Å². The van der Waals surface area contributed by atoms with Crippen LogP contribution in [0.15, 0.2) is 171 Å². The van der Waals surface area contributed by atoms with Crippen molar-refractivity contribution in [1.82, 2.24) is 19.4 Å². The number of benzene rings is 5. The number of sulfonamides is 2. The van der Waals surface area contributed by atoms with E-state index in [-0.39, 0.29) is 59.8 Å². The number of hydrogen-bond donors (Lipinski definition) is 2. The first kappa shape index (κ1) is 61.9. The van der Waals surface area contributed by atoms with E-state index in [1.807, 2.05) is 12.1 Å². The van der Waals surface area contributed by atoms with Gasteiger partial charge in [-0.25, -0.2) is 29.9 Å². The summed E-state index contributed by atoms with van der Waals surface area (Å²) in [5, 5.41) is 26.5. The molecule has 32 heteroatoms. The first-order chi connectivity index (χ1) is 39.1. The van der Waals surface area contributed by atoms with Gasteiger partial charge in [0.15, 0.2) is 23.8 Å². The van der Waals surface area contributed by atoms with Crippen molar-refractivity contribution in [2.24, 2.45) is 0 Å². The number of anilines is 2. The van der Waals surface area contributed by atoms with Crippen LogP contribution >= 0.6 is 31.9 Å². The molecule has 432 valence electrons. The predicted molar refractivity (Wildman–Crippen MR) is 294 cm³/mol. The Morgan fingerprint density at radius 2 is 1.16 bits per heavy atom. The second-order valence-corrected chi connectivity index (χ2v) is 23.5. The molecule has 4 heterocycles. The smallest absolute Gasteiger partial charge is 0.497 e. The summed E-state index contributed by atoms with van der Waals surface area (Å²) in [6.45, 7) is 2.97. The number of rotatable bonds is 15. The maximum atomic E-state index is 14.7. The number of nitriles is 2. The zero-order valence-corrected chi connectivity index (χ0v) is 47.9. The Morgan fingerprint density at radius 3 is 1.59 bits per heavy atom. The highest BCUT2D eigenvalue weighted by molar-refractivity contribution is 9.10. The van der Waals surface area contributed by atoms with Crippen LogP contribution < -0.4 is 34.4 Å². The van der Waals surface area contributed by atoms with Gasteiger partial charge in [-0.1, -0.05) is 22.4 Å². The van der Waals surface area contributed by atoms with Crippen molar-refractivity contribution in [3.8, 4) is 40.8 Å². The fourth-order valence-corrected chi connectivity index (χ4v) is 10.5. The third-order valence-electron chi connectivity index (χ3n) is 11.2. The highest BCUT2D eigenvalue weighted by atomic mass is 79.9. The number of nitrogens with zero attached hydrogens (tertiary/aromatic N) is 7. The van der Waals surface area contributed by atoms with E-state index >= 15 is 0 Å². The summed E-state index contributed by atoms with van der Waals surface area (Å²) < 4.78 is 172. The van der Waals surface area contributed by atoms with Gasteiger partial charge in [-0.15, -0.1) is 0 Å². The lowest BCUT2D eigenvalue weighted by Gasteiger charge is -2.22. The van der Waals surface area contributed by atoms with Crippen LogP contribution in [0.4, 0.5) is 33.6 Å². The fraction of sp³-hybridized carbons (Fsp3) is 0.137. The standard InChI is InChI=1S/C29H22BrFN4O6S.C21H14BrFN4O5S.CHF3O3S/c1-18(16-32)41-27-14-23(30)24(31)15-26(27)35-25-9-8-22(13-20(25)5-10-29(35)36)42(37,38)34(28-11-12-40-33-28)17-19-3-6-21(39-2)7-4-19;1-12(11-24)32-19-9-15(22)16(23)10-18(19)27-17-4-3-14(8-13(17)2-5-21(27)28)33(29,30)26-20-6-7-31-25-20;2-1(3,4)8(5,6)7/h3-15,18H,17H2,1-2H3;2-10,12H,1H3,(H,25,26);(H,5,6,7). The number of hydrogen-bond acceptors (Lipinski definition) is 17. The van der Waals surface area contributed by atoms with Gasteiger partial charge >= 0.3 is 15.6 Å². The number of pyridine rings is 2. The Morgan fingerprint density at radius 1 is 0.687 bits per heavy atom. The molecular weight excluding hydrogens is 1300 g/mol. The van der Waals surface area contributed by atoms with Crippen molar-refractivity contribution in [3.05, 3.63) is 181 Å². The van der Waals surface area contributed by atoms with Gasteiger partial charge in [0.05, 0.1) is 54.8 Å². The van der Waals surface area contributed by atoms with Crippen molar-refractivity contribution in [2.75, 3.05) is 16.1 Å². The summed E-state index contributed by atoms with van der Waals surface area (Å²) in [6.07, 6.45) is 0.735. The Hall–Kier alpha value is -8.66. The number of methoxy groups -OCH3 is 1. The SMILES string of the molecule is CC(C#N)Oc1cc(Br)c(F)cc1-n1c(=O)ccc2cc(S(=O)(=O)Nc3ccon3)ccc21.COc1ccc(CN(c2ccon2)S(=O)(=O)c2ccc3c(ccc(=O)n3-c3cc(F)c(Br)cc3OC(C)C#N)c2)cc1.O=S(=O)(O)C(F)(F)F. The van der Waals surface area contributed by atoms with Crippen molar-refractivity contribution in [3.63, 3.8) is 0 Å². The summed E-state index contributed by atoms with van der Waals surface area (Å²) in [7, 11) is -12.5. The van der Waals surface area contributed by atoms with Gasteiger partial charge in [-0.05, 0) is 124 Å². The highest BCUT2D eigenvalue weighted by Crippen LogP contribution is 2.35. The van der Waals surface area contributed by atoms with E-state index in [4.69, 9.17) is 37.0 Å². The van der Waals surface area contributed by atoms with Gasteiger partial charge in [0.2, 0.25) is 0 Å². The molecule has 0 bridgehead atoms. The second kappa shape index (κ2) is 25.2. The number of ether oxygens (including phenoxy) is 3. The monoisotopic (exact) mass is 1330 g/mol. The molecule has 0 radical (unpaired) electrons. The lowest BCUT2D eigenvalue weighted by molar-refractivity contribution is -0.0510. The second-order valence-electron chi connectivity index (χ2n) is 16.8. The molecule has 0 aliphatic carbocycles. The molecule has 2 atom stereocenters. The van der Waals surface area contributed by atoms with Crippen LogP contribution in [0.1, 0.15) is 19.4 Å². The van der Waals surface area contributed by atoms with Crippen LogP contribution in [-0.4, -0.2) is 74.1 Å². The van der Waals surface area contributed by atoms with Crippen LogP contribution in [0.25, 0.3) is 33.2 Å². The molecule has 9 aromatic rings. The third kappa shape index (κ3) is 14.3. The fourth-order valence-electron chi connectivity index (χ4n) is 7.39. The van der Waals surface area contributed by atoms with Gasteiger partial charge in [0.25, 0.3) is 31.2 Å². The van der Waals surface area contributed by atoms with E-state index in [0.29, 0.717) is 33.1 Å². The summed E-state index contributed by atoms with van der Waals surface area (Å²) in [4.78, 5) is 25.7. The van der Waals surface area contributed by atoms with Gasteiger partial charge in [0, 0.05) is 47.2 Å². The van der Waals surface area contributed by atoms with E-state index in [2.05, 4.69) is 51.4 Å². The minimum atomic E-state index is -5.84. The Kier molecular flexibility index (Phi) is 18.8. The number of fused-ring (bicyclic) bond motifs is 2. The van der Waals surface area contributed by atoms with E-state index < -0.39 is 70.6 Å². The van der Waals surface area contributed by atoms with Crippen LogP contribution in [0.2, 0.25) is 0 Å². The Labute approximate surface area is 483 Å². The molecule has 2 unspecified atom stereocenters. The van der Waals surface area contributed by atoms with Gasteiger partial charge in [-0.2, -0.15) is 32.1 Å². The minimum absolute atomic E-state index is 0.0128. The third-order valence-corrected chi connectivity index (χ3v) is 16.1. The maximum Gasteiger partial charge on any atom is 0.522 e. The van der Waals surface area contributed by atoms with Crippen molar-refractivity contribution < 1.29 is 75.0 Å². The molecule has 0 fully saturated rings. The van der Waals surface area contributed by atoms with E-state index in [1.165, 1.54) is 128 Å². The van der Waals surface area contributed by atoms with E-state index in [0.717, 1.165) is 16.4 Å². The largest absolute Gasteiger partial charge is 0.522 e. The lowest BCUT2D eigenvalue weighted by Crippen LogP contribution is -2.31. The molecule has 0 saturated carbocycles. The summed E-state index contributed by atoms with van der Waals surface area (Å²) >= 11 is 6.19. The molecule has 4 aromatic heterocycles. The Balaban J connectivity index is 0.000000215. The molecule has 22 nitrogen and oxygen atoms in total.